The molecule has 5 aromatic rings. The van der Waals surface area contributed by atoms with Gasteiger partial charge in [0.25, 0.3) is 0 Å². The molecule has 2 aliphatic rings. The highest BCUT2D eigenvalue weighted by Gasteiger charge is 2.39. The second-order valence-electron chi connectivity index (χ2n) is 11.0. The lowest BCUT2D eigenvalue weighted by Crippen LogP contribution is -2.53. The SMILES string of the molecule is CC(=O)N1CCN2CCN(C(C)=O)c3c[n+](C(c4ccc5c(ccn5C)c4)c4ccc5c(ccn5C)c4)cc1c32. The summed E-state index contributed by atoms with van der Waals surface area (Å²) in [6.45, 7) is 6.01. The lowest BCUT2D eigenvalue weighted by molar-refractivity contribution is -0.703. The standard InChI is InChI=1S/C32H33N6O2/c1-21(39)37-15-13-35-14-16-38(22(2)40)30-20-36(19-29(37)32(30)35)31(25-5-7-27-23(17-25)9-11-33(27)3)26-6-8-28-24(18-26)10-12-34(28)4/h5-12,17-20,31H,13-16H2,1-4H3/q+1. The Kier molecular flexibility index (Phi) is 5.49. The van der Waals surface area contributed by atoms with Crippen LogP contribution < -0.4 is 19.3 Å². The molecule has 8 heteroatoms. The van der Waals surface area contributed by atoms with E-state index in [-0.39, 0.29) is 17.9 Å². The van der Waals surface area contributed by atoms with Crippen molar-refractivity contribution >= 4 is 50.7 Å². The third-order valence-corrected chi connectivity index (χ3v) is 8.62. The van der Waals surface area contributed by atoms with Crippen LogP contribution in [0.25, 0.3) is 21.8 Å². The van der Waals surface area contributed by atoms with Crippen molar-refractivity contribution in [1.82, 2.24) is 9.13 Å². The van der Waals surface area contributed by atoms with Gasteiger partial charge >= 0.3 is 0 Å². The van der Waals surface area contributed by atoms with Crippen LogP contribution in [0.1, 0.15) is 31.0 Å². The minimum absolute atomic E-state index is 0.00695. The quantitative estimate of drug-likeness (QED) is 0.328. The summed E-state index contributed by atoms with van der Waals surface area (Å²) >= 11 is 0. The summed E-state index contributed by atoms with van der Waals surface area (Å²) in [5.41, 5.74) is 7.30. The second kappa shape index (κ2) is 8.98. The van der Waals surface area contributed by atoms with Crippen molar-refractivity contribution in [3.05, 3.63) is 84.4 Å². The Bertz CT molecular complexity index is 1710. The number of hydrogen-bond donors (Lipinski definition) is 0. The number of pyridine rings is 1. The molecule has 0 saturated carbocycles. The van der Waals surface area contributed by atoms with Gasteiger partial charge in [0.2, 0.25) is 17.9 Å². The van der Waals surface area contributed by atoms with Crippen LogP contribution in [0.4, 0.5) is 17.1 Å². The van der Waals surface area contributed by atoms with Crippen molar-refractivity contribution in [3.8, 4) is 0 Å². The van der Waals surface area contributed by atoms with Crippen LogP contribution >= 0.6 is 0 Å². The molecule has 2 aromatic carbocycles. The summed E-state index contributed by atoms with van der Waals surface area (Å²) in [5.74, 6) is 0.0139. The third kappa shape index (κ3) is 3.70. The molecule has 0 fully saturated rings. The van der Waals surface area contributed by atoms with Crippen molar-refractivity contribution in [1.29, 1.82) is 0 Å². The number of benzene rings is 2. The topological polar surface area (TPSA) is 57.6 Å². The number of nitrogens with zero attached hydrogens (tertiary/aromatic N) is 6. The number of hydrogen-bond acceptors (Lipinski definition) is 3. The summed E-state index contributed by atoms with van der Waals surface area (Å²) in [6.07, 6.45) is 8.37. The van der Waals surface area contributed by atoms with Gasteiger partial charge in [0, 0.05) is 99.4 Å². The molecule has 40 heavy (non-hydrogen) atoms. The number of anilines is 3. The number of aromatic nitrogens is 3. The molecule has 0 aliphatic carbocycles. The van der Waals surface area contributed by atoms with Crippen molar-refractivity contribution in [3.63, 3.8) is 0 Å². The fourth-order valence-electron chi connectivity index (χ4n) is 6.59. The Morgan fingerprint density at radius 2 is 1.18 bits per heavy atom. The maximum absolute atomic E-state index is 12.8. The smallest absolute Gasteiger partial charge is 0.224 e. The monoisotopic (exact) mass is 533 g/mol. The van der Waals surface area contributed by atoms with Crippen LogP contribution in [0.2, 0.25) is 0 Å². The van der Waals surface area contributed by atoms with E-state index in [4.69, 9.17) is 0 Å². The number of amides is 2. The van der Waals surface area contributed by atoms with Gasteiger partial charge in [-0.15, -0.1) is 0 Å². The lowest BCUT2D eigenvalue weighted by atomic mass is 9.95. The third-order valence-electron chi connectivity index (χ3n) is 8.62. The van der Waals surface area contributed by atoms with E-state index in [9.17, 15) is 9.59 Å². The Morgan fingerprint density at radius 1 is 0.700 bits per heavy atom. The van der Waals surface area contributed by atoms with Gasteiger partial charge in [0.1, 0.15) is 11.4 Å². The molecule has 202 valence electrons. The molecule has 3 aromatic heterocycles. The molecular formula is C32H33N6O2+. The van der Waals surface area contributed by atoms with Gasteiger partial charge in [0.15, 0.2) is 12.4 Å². The first-order valence-electron chi connectivity index (χ1n) is 13.8. The Morgan fingerprint density at radius 3 is 1.62 bits per heavy atom. The van der Waals surface area contributed by atoms with Crippen LogP contribution in [-0.4, -0.2) is 47.1 Å². The predicted octanol–water partition coefficient (Wildman–Crippen LogP) is 4.13. The van der Waals surface area contributed by atoms with E-state index in [1.807, 2.05) is 9.80 Å². The van der Waals surface area contributed by atoms with E-state index in [1.54, 1.807) is 13.8 Å². The number of fused-ring (bicyclic) bond motifs is 2. The van der Waals surface area contributed by atoms with Crippen LogP contribution in [-0.2, 0) is 23.7 Å². The molecule has 0 atom stereocenters. The summed E-state index contributed by atoms with van der Waals surface area (Å²) in [4.78, 5) is 31.7. The molecule has 0 N–H and O–H groups in total. The first kappa shape index (κ1) is 24.5. The molecule has 8 nitrogen and oxygen atoms in total. The highest BCUT2D eigenvalue weighted by atomic mass is 16.2. The molecule has 0 bridgehead atoms. The van der Waals surface area contributed by atoms with Gasteiger partial charge in [-0.1, -0.05) is 0 Å². The van der Waals surface area contributed by atoms with E-state index in [0.717, 1.165) is 41.3 Å². The van der Waals surface area contributed by atoms with Gasteiger partial charge in [-0.05, 0) is 48.5 Å². The Labute approximate surface area is 233 Å². The first-order chi connectivity index (χ1) is 19.3. The van der Waals surface area contributed by atoms with E-state index in [1.165, 1.54) is 21.8 Å². The van der Waals surface area contributed by atoms with Gasteiger partial charge in [-0.3, -0.25) is 9.59 Å². The minimum atomic E-state index is -0.171. The molecule has 0 unspecified atom stereocenters. The van der Waals surface area contributed by atoms with Crippen LogP contribution in [0.3, 0.4) is 0 Å². The van der Waals surface area contributed by atoms with E-state index >= 15 is 0 Å². The zero-order valence-electron chi connectivity index (χ0n) is 23.3. The van der Waals surface area contributed by atoms with Gasteiger partial charge in [-0.25, -0.2) is 0 Å². The fourth-order valence-corrected chi connectivity index (χ4v) is 6.59. The van der Waals surface area contributed by atoms with Gasteiger partial charge in [-0.2, -0.15) is 4.57 Å². The first-order valence-corrected chi connectivity index (χ1v) is 13.8. The zero-order chi connectivity index (χ0) is 27.7. The molecule has 2 amide bonds. The molecule has 5 heterocycles. The summed E-state index contributed by atoms with van der Waals surface area (Å²) in [7, 11) is 4.12. The van der Waals surface area contributed by atoms with Crippen molar-refractivity contribution in [2.75, 3.05) is 40.9 Å². The normalized spacial score (nSPS) is 14.9. The number of aryl methyl sites for hydroxylation is 2. The minimum Gasteiger partial charge on any atom is -0.364 e. The number of carbonyl (C=O) groups is 2. The molecule has 2 aliphatic heterocycles. The summed E-state index contributed by atoms with van der Waals surface area (Å²) in [6, 6.07) is 17.4. The highest BCUT2D eigenvalue weighted by Crippen LogP contribution is 2.43. The van der Waals surface area contributed by atoms with Crippen molar-refractivity contribution < 1.29 is 14.2 Å². The van der Waals surface area contributed by atoms with Crippen molar-refractivity contribution in [2.45, 2.75) is 19.9 Å². The van der Waals surface area contributed by atoms with Crippen LogP contribution in [0, 0.1) is 0 Å². The number of carbonyl (C=O) groups excluding carboxylic acids is 2. The molecule has 7 rings (SSSR count). The lowest BCUT2D eigenvalue weighted by Gasteiger charge is -2.43. The van der Waals surface area contributed by atoms with Crippen LogP contribution in [0.5, 0.6) is 0 Å². The molecular weight excluding hydrogens is 500 g/mol. The van der Waals surface area contributed by atoms with Gasteiger partial charge in [0.05, 0.1) is 5.69 Å². The second-order valence-corrected chi connectivity index (χ2v) is 11.0. The van der Waals surface area contributed by atoms with E-state index in [0.29, 0.717) is 13.1 Å². The molecule has 0 spiro atoms. The Hall–Kier alpha value is -4.59. The summed E-state index contributed by atoms with van der Waals surface area (Å²) < 4.78 is 6.46. The van der Waals surface area contributed by atoms with E-state index < -0.39 is 0 Å². The predicted molar refractivity (Wildman–Crippen MR) is 158 cm³/mol. The average Bonchev–Trinajstić information content (AvgIpc) is 3.50. The average molecular weight is 534 g/mol. The Balaban J connectivity index is 1.50. The van der Waals surface area contributed by atoms with Crippen molar-refractivity contribution in [2.24, 2.45) is 14.1 Å². The van der Waals surface area contributed by atoms with Gasteiger partial charge < -0.3 is 23.8 Å². The summed E-state index contributed by atoms with van der Waals surface area (Å²) in [5, 5.41) is 2.35. The highest BCUT2D eigenvalue weighted by molar-refractivity contribution is 6.03. The maximum atomic E-state index is 12.8. The fraction of sp³-hybridized carbons (Fsp3) is 0.281. The van der Waals surface area contributed by atoms with E-state index in [2.05, 4.69) is 106 Å². The largest absolute Gasteiger partial charge is 0.364 e. The zero-order valence-corrected chi connectivity index (χ0v) is 23.3. The molecule has 0 saturated heterocycles. The maximum Gasteiger partial charge on any atom is 0.224 e. The molecule has 0 radical (unpaired) electrons. The number of rotatable bonds is 3. The van der Waals surface area contributed by atoms with Crippen LogP contribution in [0.15, 0.2) is 73.3 Å².